The molecular weight excluding hydrogens is 408 g/mol. The first kappa shape index (κ1) is 20.5. The molecule has 0 unspecified atom stereocenters. The lowest BCUT2D eigenvalue weighted by molar-refractivity contribution is 0.925. The predicted molar refractivity (Wildman–Crippen MR) is 123 cm³/mol. The molecule has 2 aromatic carbocycles. The molecule has 0 aliphatic carbocycles. The number of rotatable bonds is 7. The Kier molecular flexibility index (Phi) is 5.74. The number of aromatic nitrogens is 6. The number of anilines is 2. The van der Waals surface area contributed by atoms with Crippen molar-refractivity contribution in [3.05, 3.63) is 83.4 Å². The Labute approximate surface area is 183 Å². The van der Waals surface area contributed by atoms with E-state index in [4.69, 9.17) is 11.7 Å². The summed E-state index contributed by atoms with van der Waals surface area (Å²) in [6.45, 7) is 3.48. The highest BCUT2D eigenvalue weighted by molar-refractivity contribution is 6.53. The molecule has 2 aromatic heterocycles. The minimum Gasteiger partial charge on any atom is -0.335 e. The zero-order valence-electron chi connectivity index (χ0n) is 17.5. The number of hydrogen-bond acceptors (Lipinski definition) is 10. The van der Waals surface area contributed by atoms with Crippen LogP contribution in [0.2, 0.25) is 0 Å². The van der Waals surface area contributed by atoms with Crippen molar-refractivity contribution in [1.82, 2.24) is 29.7 Å². The van der Waals surface area contributed by atoms with Crippen molar-refractivity contribution in [2.75, 3.05) is 22.5 Å². The second-order valence-electron chi connectivity index (χ2n) is 6.76. The summed E-state index contributed by atoms with van der Waals surface area (Å²) >= 11 is 0. The third-order valence-electron chi connectivity index (χ3n) is 4.59. The van der Waals surface area contributed by atoms with Gasteiger partial charge in [-0.15, -0.1) is 20.4 Å². The summed E-state index contributed by atoms with van der Waals surface area (Å²) in [5.41, 5.74) is 8.46. The normalized spacial score (nSPS) is 12.1. The summed E-state index contributed by atoms with van der Waals surface area (Å²) in [5, 5.41) is 25.0. The third kappa shape index (κ3) is 4.23. The Morgan fingerprint density at radius 3 is 1.34 bits per heavy atom. The zero-order chi connectivity index (χ0) is 22.5. The van der Waals surface area contributed by atoms with E-state index >= 15 is 0 Å². The summed E-state index contributed by atoms with van der Waals surface area (Å²) in [4.78, 5) is 0. The number of nitrogens with one attached hydrogen (secondary N) is 2. The molecule has 0 saturated carbocycles. The van der Waals surface area contributed by atoms with Crippen molar-refractivity contribution in [3.8, 4) is 0 Å². The van der Waals surface area contributed by atoms with Crippen molar-refractivity contribution < 1.29 is 0 Å². The molecule has 12 nitrogen and oxygen atoms in total. The van der Waals surface area contributed by atoms with Crippen molar-refractivity contribution in [3.63, 3.8) is 0 Å². The van der Waals surface area contributed by atoms with E-state index in [0.717, 1.165) is 11.1 Å². The van der Waals surface area contributed by atoms with E-state index in [1.807, 2.05) is 60.7 Å². The maximum atomic E-state index is 5.95. The fourth-order valence-electron chi connectivity index (χ4n) is 2.80. The van der Waals surface area contributed by atoms with E-state index in [-0.39, 0.29) is 11.9 Å². The molecule has 4 aromatic rings. The number of hydrogen-bond donors (Lipinski definition) is 4. The van der Waals surface area contributed by atoms with Crippen molar-refractivity contribution >= 4 is 23.3 Å². The van der Waals surface area contributed by atoms with Crippen LogP contribution in [0.15, 0.2) is 70.9 Å². The number of nitrogen functional groups attached to an aromatic ring is 2. The van der Waals surface area contributed by atoms with Crippen LogP contribution in [0.5, 0.6) is 0 Å². The van der Waals surface area contributed by atoms with Gasteiger partial charge in [-0.05, 0) is 13.8 Å². The van der Waals surface area contributed by atoms with Crippen LogP contribution in [0.3, 0.4) is 0 Å². The Bertz CT molecular complexity index is 1150. The average Bonchev–Trinajstić information content (AvgIpc) is 3.32. The fourth-order valence-corrected chi connectivity index (χ4v) is 2.80. The molecule has 0 amide bonds. The molecule has 2 heterocycles. The molecule has 0 fully saturated rings. The Morgan fingerprint density at radius 2 is 1.03 bits per heavy atom. The van der Waals surface area contributed by atoms with Gasteiger partial charge >= 0.3 is 0 Å². The molecule has 0 spiro atoms. The fraction of sp³-hybridized carbons (Fsp3) is 0.100. The molecule has 0 aliphatic rings. The van der Waals surface area contributed by atoms with Gasteiger partial charge < -0.3 is 11.7 Å². The van der Waals surface area contributed by atoms with Gasteiger partial charge in [0.15, 0.2) is 11.6 Å². The van der Waals surface area contributed by atoms with Crippen LogP contribution in [0, 0.1) is 13.8 Å². The molecule has 162 valence electrons. The summed E-state index contributed by atoms with van der Waals surface area (Å²) in [6.07, 6.45) is 0. The van der Waals surface area contributed by atoms with Gasteiger partial charge in [0.25, 0.3) is 11.9 Å². The molecule has 0 radical (unpaired) electrons. The van der Waals surface area contributed by atoms with Crippen LogP contribution >= 0.6 is 0 Å². The highest BCUT2D eigenvalue weighted by Crippen LogP contribution is 2.13. The van der Waals surface area contributed by atoms with Gasteiger partial charge in [-0.3, -0.25) is 0 Å². The minimum atomic E-state index is 0.286. The van der Waals surface area contributed by atoms with Gasteiger partial charge in [0.1, 0.15) is 11.4 Å². The first-order valence-corrected chi connectivity index (χ1v) is 9.67. The second-order valence-corrected chi connectivity index (χ2v) is 6.76. The molecule has 0 atom stereocenters. The van der Waals surface area contributed by atoms with Crippen LogP contribution in [-0.2, 0) is 0 Å². The standard InChI is InChI=1S/C20H22N12/c1-13-23-27-19(31(13)21)29-25-17(15-9-5-3-6-10-15)18(16-11-7-4-8-12-16)26-30-20-28-24-14(2)32(20)22/h3-12H,21-22H2,1-2H3,(H,27,29)(H,28,30)/b25-17+,26-18+. The Hall–Kier alpha value is -4.74. The van der Waals surface area contributed by atoms with E-state index in [2.05, 4.69) is 41.4 Å². The summed E-state index contributed by atoms with van der Waals surface area (Å²) < 4.78 is 2.62. The molecule has 4 rings (SSSR count). The minimum absolute atomic E-state index is 0.286. The second kappa shape index (κ2) is 8.95. The van der Waals surface area contributed by atoms with Gasteiger partial charge in [0, 0.05) is 11.1 Å². The SMILES string of the molecule is Cc1nnc(N/N=C(/C(=N/Nc2nnc(C)n2N)c2ccccc2)c2ccccc2)n1N. The summed E-state index contributed by atoms with van der Waals surface area (Å²) in [5.74, 6) is 13.6. The van der Waals surface area contributed by atoms with Gasteiger partial charge in [0.05, 0.1) is 0 Å². The number of aryl methyl sites for hydroxylation is 2. The molecule has 0 aliphatic heterocycles. The molecule has 32 heavy (non-hydrogen) atoms. The van der Waals surface area contributed by atoms with E-state index in [0.29, 0.717) is 23.1 Å². The van der Waals surface area contributed by atoms with Crippen molar-refractivity contribution in [1.29, 1.82) is 0 Å². The average molecular weight is 430 g/mol. The van der Waals surface area contributed by atoms with E-state index < -0.39 is 0 Å². The largest absolute Gasteiger partial charge is 0.335 e. The molecule has 12 heteroatoms. The van der Waals surface area contributed by atoms with Crippen LogP contribution in [0.4, 0.5) is 11.9 Å². The molecular formula is C20H22N12. The maximum Gasteiger partial charge on any atom is 0.263 e. The highest BCUT2D eigenvalue weighted by atomic mass is 15.5. The Balaban J connectivity index is 1.80. The van der Waals surface area contributed by atoms with Crippen LogP contribution in [0.1, 0.15) is 22.8 Å². The monoisotopic (exact) mass is 430 g/mol. The van der Waals surface area contributed by atoms with Crippen LogP contribution in [0.25, 0.3) is 0 Å². The number of nitrogens with zero attached hydrogens (tertiary/aromatic N) is 8. The first-order valence-electron chi connectivity index (χ1n) is 9.67. The number of benzene rings is 2. The lowest BCUT2D eigenvalue weighted by Gasteiger charge is -2.12. The third-order valence-corrected chi connectivity index (χ3v) is 4.59. The summed E-state index contributed by atoms with van der Waals surface area (Å²) in [6, 6.07) is 19.2. The van der Waals surface area contributed by atoms with Gasteiger partial charge in [-0.2, -0.15) is 10.2 Å². The maximum absolute atomic E-state index is 5.95. The molecule has 0 saturated heterocycles. The van der Waals surface area contributed by atoms with Gasteiger partial charge in [0.2, 0.25) is 0 Å². The van der Waals surface area contributed by atoms with E-state index in [9.17, 15) is 0 Å². The van der Waals surface area contributed by atoms with Crippen molar-refractivity contribution in [2.24, 2.45) is 10.2 Å². The van der Waals surface area contributed by atoms with E-state index in [1.165, 1.54) is 9.35 Å². The van der Waals surface area contributed by atoms with Crippen molar-refractivity contribution in [2.45, 2.75) is 13.8 Å². The highest BCUT2D eigenvalue weighted by Gasteiger charge is 2.17. The van der Waals surface area contributed by atoms with Crippen LogP contribution < -0.4 is 22.5 Å². The van der Waals surface area contributed by atoms with Crippen LogP contribution in [-0.4, -0.2) is 41.2 Å². The van der Waals surface area contributed by atoms with Gasteiger partial charge in [-0.1, -0.05) is 60.7 Å². The lowest BCUT2D eigenvalue weighted by Crippen LogP contribution is -2.22. The van der Waals surface area contributed by atoms with E-state index in [1.54, 1.807) is 13.8 Å². The van der Waals surface area contributed by atoms with Gasteiger partial charge in [-0.25, -0.2) is 20.2 Å². The summed E-state index contributed by atoms with van der Waals surface area (Å²) in [7, 11) is 0. The topological polar surface area (TPSA) is 162 Å². The quantitative estimate of drug-likeness (QED) is 0.193. The predicted octanol–water partition coefficient (Wildman–Crippen LogP) is 1.25. The lowest BCUT2D eigenvalue weighted by atomic mass is 10.00. The first-order chi connectivity index (χ1) is 15.5. The smallest absolute Gasteiger partial charge is 0.263 e. The molecule has 0 bridgehead atoms. The number of nitrogens with two attached hydrogens (primary N) is 2. The Morgan fingerprint density at radius 1 is 0.656 bits per heavy atom. The number of hydrazone groups is 2. The zero-order valence-corrected chi connectivity index (χ0v) is 17.5. The molecule has 6 N–H and O–H groups in total.